The maximum absolute atomic E-state index is 11.6. The van der Waals surface area contributed by atoms with Crippen molar-refractivity contribution in [2.45, 2.75) is 12.1 Å². The van der Waals surface area contributed by atoms with E-state index in [4.69, 9.17) is 21.4 Å². The van der Waals surface area contributed by atoms with Gasteiger partial charge in [0.25, 0.3) is 0 Å². The molecule has 3 heterocycles. The minimum absolute atomic E-state index is 0.152. The number of carbonyl (C=O) groups is 2. The second-order valence-corrected chi connectivity index (χ2v) is 8.70. The Morgan fingerprint density at radius 3 is 2.41 bits per heavy atom. The third kappa shape index (κ3) is 4.62. The van der Waals surface area contributed by atoms with E-state index < -0.39 is 18.0 Å². The predicted octanol–water partition coefficient (Wildman–Crippen LogP) is 4.92. The molecule has 0 saturated carbocycles. The van der Waals surface area contributed by atoms with Gasteiger partial charge in [-0.1, -0.05) is 12.1 Å². The highest BCUT2D eigenvalue weighted by molar-refractivity contribution is 7.80. The van der Waals surface area contributed by atoms with Gasteiger partial charge in [0, 0.05) is 23.5 Å². The first-order chi connectivity index (χ1) is 17.9. The number of aromatic carboxylic acids is 2. The monoisotopic (exact) mass is 515 g/mol. The minimum Gasteiger partial charge on any atom is -0.497 e. The zero-order valence-corrected chi connectivity index (χ0v) is 20.3. The van der Waals surface area contributed by atoms with Gasteiger partial charge in [-0.2, -0.15) is 0 Å². The number of carboxylic acids is 2. The molecule has 0 amide bonds. The second-order valence-electron chi connectivity index (χ2n) is 8.31. The average Bonchev–Trinajstić information content (AvgIpc) is 3.53. The summed E-state index contributed by atoms with van der Waals surface area (Å²) in [5, 5.41) is 22.7. The number of methoxy groups -OCH3 is 1. The molecule has 0 bridgehead atoms. The van der Waals surface area contributed by atoms with Gasteiger partial charge in [0.2, 0.25) is 0 Å². The van der Waals surface area contributed by atoms with Gasteiger partial charge in [0.1, 0.15) is 23.3 Å². The summed E-state index contributed by atoms with van der Waals surface area (Å²) in [5.74, 6) is -0.962. The summed E-state index contributed by atoms with van der Waals surface area (Å²) in [6.45, 7) is 0. The number of benzene rings is 2. The number of nitrogens with zero attached hydrogens (tertiary/aromatic N) is 2. The van der Waals surface area contributed by atoms with Crippen LogP contribution >= 0.6 is 12.2 Å². The smallest absolute Gasteiger partial charge is 0.335 e. The van der Waals surface area contributed by atoms with Gasteiger partial charge >= 0.3 is 11.9 Å². The van der Waals surface area contributed by atoms with Crippen LogP contribution in [-0.4, -0.2) is 39.4 Å². The third-order valence-corrected chi connectivity index (χ3v) is 6.37. The van der Waals surface area contributed by atoms with Gasteiger partial charge in [-0.15, -0.1) is 0 Å². The van der Waals surface area contributed by atoms with Gasteiger partial charge in [0.15, 0.2) is 5.11 Å². The topological polar surface area (TPSA) is 125 Å². The Bertz CT molecular complexity index is 1470. The molecule has 5 rings (SSSR count). The molecule has 0 aliphatic carbocycles. The van der Waals surface area contributed by atoms with E-state index in [1.807, 2.05) is 47.4 Å². The zero-order chi connectivity index (χ0) is 26.1. The maximum atomic E-state index is 11.6. The Morgan fingerprint density at radius 2 is 1.76 bits per heavy atom. The lowest BCUT2D eigenvalue weighted by Gasteiger charge is -2.26. The van der Waals surface area contributed by atoms with Crippen LogP contribution in [0.25, 0.3) is 11.3 Å². The fourth-order valence-electron chi connectivity index (χ4n) is 4.37. The van der Waals surface area contributed by atoms with Crippen molar-refractivity contribution in [1.29, 1.82) is 0 Å². The largest absolute Gasteiger partial charge is 0.497 e. The fraction of sp³-hybridized carbons (Fsp3) is 0.111. The first-order valence-electron chi connectivity index (χ1n) is 11.2. The molecule has 9 nitrogen and oxygen atoms in total. The molecule has 37 heavy (non-hydrogen) atoms. The van der Waals surface area contributed by atoms with E-state index in [9.17, 15) is 19.8 Å². The van der Waals surface area contributed by atoms with Gasteiger partial charge in [-0.25, -0.2) is 9.59 Å². The van der Waals surface area contributed by atoms with Crippen LogP contribution in [0.3, 0.4) is 0 Å². The second kappa shape index (κ2) is 9.75. The van der Waals surface area contributed by atoms with Crippen LogP contribution in [0.5, 0.6) is 5.75 Å². The fourth-order valence-corrected chi connectivity index (χ4v) is 4.71. The lowest BCUT2D eigenvalue weighted by molar-refractivity contribution is 0.0696. The van der Waals surface area contributed by atoms with E-state index in [1.54, 1.807) is 25.4 Å². The number of hydrogen-bond donors (Lipinski definition) is 3. The molecule has 1 aliphatic heterocycles. The van der Waals surface area contributed by atoms with Crippen LogP contribution in [0.2, 0.25) is 0 Å². The van der Waals surface area contributed by atoms with Gasteiger partial charge < -0.3 is 29.6 Å². The number of carboxylic acid groups (broad SMARTS) is 2. The number of aromatic nitrogens is 1. The van der Waals surface area contributed by atoms with Crippen molar-refractivity contribution in [3.8, 4) is 17.1 Å². The normalized spacial score (nSPS) is 16.9. The molecular formula is C27H21N3O6S. The minimum atomic E-state index is -1.24. The van der Waals surface area contributed by atoms with Crippen molar-refractivity contribution in [3.63, 3.8) is 0 Å². The number of anilines is 1. The summed E-state index contributed by atoms with van der Waals surface area (Å²) < 4.78 is 11.6. The van der Waals surface area contributed by atoms with Gasteiger partial charge in [-0.05, 0) is 66.8 Å². The quantitative estimate of drug-likeness (QED) is 0.292. The van der Waals surface area contributed by atoms with Crippen LogP contribution in [0.1, 0.15) is 44.3 Å². The van der Waals surface area contributed by atoms with E-state index in [0.717, 1.165) is 17.4 Å². The number of hydrogen-bond acceptors (Lipinski definition) is 6. The number of rotatable bonds is 7. The lowest BCUT2D eigenvalue weighted by Crippen LogP contribution is -2.29. The summed E-state index contributed by atoms with van der Waals surface area (Å²) in [5.41, 5.74) is 1.56. The molecule has 0 radical (unpaired) electrons. The van der Waals surface area contributed by atoms with Gasteiger partial charge in [0.05, 0.1) is 30.0 Å². The summed E-state index contributed by atoms with van der Waals surface area (Å²) in [6, 6.07) is 19.6. The highest BCUT2D eigenvalue weighted by Gasteiger charge is 2.42. The van der Waals surface area contributed by atoms with Gasteiger partial charge in [-0.3, -0.25) is 4.98 Å². The van der Waals surface area contributed by atoms with Crippen molar-refractivity contribution >= 4 is 35.0 Å². The molecule has 0 spiro atoms. The van der Waals surface area contributed by atoms with E-state index >= 15 is 0 Å². The summed E-state index contributed by atoms with van der Waals surface area (Å²) in [4.78, 5) is 29.6. The number of nitrogens with one attached hydrogen (secondary N) is 1. The molecule has 1 aliphatic rings. The Kier molecular flexibility index (Phi) is 6.33. The van der Waals surface area contributed by atoms with E-state index in [0.29, 0.717) is 27.9 Å². The molecule has 2 aromatic heterocycles. The van der Waals surface area contributed by atoms with Crippen molar-refractivity contribution in [1.82, 2.24) is 10.3 Å². The standard InChI is InChI=1S/C27H21N3O6S/c1-35-19-6-4-5-18(14-19)30-24(23(29-27(30)37)20-7-2-3-10-28-20)22-9-8-21(36-22)15-11-16(25(31)32)13-17(12-15)26(33)34/h2-14,23-24H,1H3,(H,29,37)(H,31,32)(H,33,34)/t23-,24+/m1/s1. The number of pyridine rings is 1. The molecule has 4 aromatic rings. The number of thiocarbonyl (C=S) groups is 1. The number of furan rings is 1. The molecule has 2 aromatic carbocycles. The van der Waals surface area contributed by atoms with Crippen molar-refractivity contribution < 1.29 is 29.0 Å². The molecule has 186 valence electrons. The van der Waals surface area contributed by atoms with E-state index in [1.165, 1.54) is 12.1 Å². The molecule has 2 atom stereocenters. The zero-order valence-electron chi connectivity index (χ0n) is 19.5. The van der Waals surface area contributed by atoms with Crippen molar-refractivity contribution in [3.05, 3.63) is 102 Å². The average molecular weight is 516 g/mol. The van der Waals surface area contributed by atoms with Crippen LogP contribution in [-0.2, 0) is 0 Å². The number of ether oxygens (including phenoxy) is 1. The summed E-state index contributed by atoms with van der Waals surface area (Å²) in [7, 11) is 1.59. The Balaban J connectivity index is 1.62. The Morgan fingerprint density at radius 1 is 1.00 bits per heavy atom. The van der Waals surface area contributed by atoms with Crippen molar-refractivity contribution in [2.75, 3.05) is 12.0 Å². The van der Waals surface area contributed by atoms with E-state index in [2.05, 4.69) is 10.3 Å². The Hall–Kier alpha value is -4.70. The molecule has 10 heteroatoms. The maximum Gasteiger partial charge on any atom is 0.335 e. The third-order valence-electron chi connectivity index (χ3n) is 6.06. The lowest BCUT2D eigenvalue weighted by atomic mass is 10.0. The van der Waals surface area contributed by atoms with Crippen LogP contribution in [0, 0.1) is 0 Å². The van der Waals surface area contributed by atoms with E-state index in [-0.39, 0.29) is 17.2 Å². The highest BCUT2D eigenvalue weighted by Crippen LogP contribution is 2.43. The Labute approximate surface area is 216 Å². The molecule has 0 unspecified atom stereocenters. The summed E-state index contributed by atoms with van der Waals surface area (Å²) in [6.07, 6.45) is 1.70. The first kappa shape index (κ1) is 24.0. The van der Waals surface area contributed by atoms with Crippen LogP contribution in [0.15, 0.2) is 83.4 Å². The summed E-state index contributed by atoms with van der Waals surface area (Å²) >= 11 is 5.72. The first-order valence-corrected chi connectivity index (χ1v) is 11.6. The molecule has 1 saturated heterocycles. The SMILES string of the molecule is COc1cccc(N2C(=S)N[C@H](c3ccccn3)[C@@H]2c2ccc(-c3cc(C(=O)O)cc(C(=O)O)c3)o2)c1. The predicted molar refractivity (Wildman–Crippen MR) is 139 cm³/mol. The van der Waals surface area contributed by atoms with Crippen molar-refractivity contribution in [2.24, 2.45) is 0 Å². The van der Waals surface area contributed by atoms with Crippen LogP contribution in [0.4, 0.5) is 5.69 Å². The molecular weight excluding hydrogens is 494 g/mol. The van der Waals surface area contributed by atoms with Crippen LogP contribution < -0.4 is 15.0 Å². The molecule has 3 N–H and O–H groups in total. The highest BCUT2D eigenvalue weighted by atomic mass is 32.1. The molecule has 1 fully saturated rings.